The lowest BCUT2D eigenvalue weighted by molar-refractivity contribution is -0.121. The van der Waals surface area contributed by atoms with Crippen LogP contribution in [0.3, 0.4) is 0 Å². The molecule has 1 aliphatic heterocycles. The fourth-order valence-corrected chi connectivity index (χ4v) is 4.09. The van der Waals surface area contributed by atoms with Gasteiger partial charge in [0.2, 0.25) is 11.8 Å². The van der Waals surface area contributed by atoms with Crippen LogP contribution >= 0.6 is 0 Å². The summed E-state index contributed by atoms with van der Waals surface area (Å²) in [4.78, 5) is 50.0. The van der Waals surface area contributed by atoms with Gasteiger partial charge in [-0.1, -0.05) is 18.2 Å². The zero-order chi connectivity index (χ0) is 26.0. The molecule has 0 saturated heterocycles. The molecule has 2 aromatic heterocycles. The second-order valence-corrected chi connectivity index (χ2v) is 8.71. The lowest BCUT2D eigenvalue weighted by Crippen LogP contribution is -2.35. The monoisotopic (exact) mass is 509 g/mol. The standard InChI is InChI=1S/C27H31N3O7/c31-22(28-13-4-5-17-36-19-7-2-1-3-8-19)9-6-16-35-18-14-29-23(32)12-15-30-26(33)24-20-10-11-21(37-20)25(24)27(30)34/h1-3,7-8,10-11H,4-6,9,12-18H2,(H,28,31)(H,29,32). The Morgan fingerprint density at radius 3 is 2.16 bits per heavy atom. The molecule has 0 saturated carbocycles. The highest BCUT2D eigenvalue weighted by Crippen LogP contribution is 2.35. The number of unbranched alkanes of at least 4 members (excludes halogenated alkanes) is 1. The molecule has 3 aromatic rings. The van der Waals surface area contributed by atoms with Gasteiger partial charge in [0.05, 0.1) is 24.3 Å². The number of para-hydroxylation sites is 1. The van der Waals surface area contributed by atoms with Crippen molar-refractivity contribution in [1.82, 2.24) is 15.5 Å². The van der Waals surface area contributed by atoms with E-state index in [9.17, 15) is 19.2 Å². The van der Waals surface area contributed by atoms with Crippen molar-refractivity contribution in [3.63, 3.8) is 0 Å². The number of fused-ring (bicyclic) bond motifs is 5. The Kier molecular flexibility index (Phi) is 9.09. The summed E-state index contributed by atoms with van der Waals surface area (Å²) in [6, 6.07) is 12.9. The van der Waals surface area contributed by atoms with Gasteiger partial charge in [-0.2, -0.15) is 0 Å². The van der Waals surface area contributed by atoms with Crippen molar-refractivity contribution in [1.29, 1.82) is 0 Å². The number of hydrogen-bond donors (Lipinski definition) is 2. The Hall–Kier alpha value is -3.92. The minimum atomic E-state index is -0.424. The van der Waals surface area contributed by atoms with E-state index in [0.717, 1.165) is 23.5 Å². The van der Waals surface area contributed by atoms with E-state index < -0.39 is 11.8 Å². The third-order valence-electron chi connectivity index (χ3n) is 6.00. The van der Waals surface area contributed by atoms with Gasteiger partial charge in [0.15, 0.2) is 0 Å². The van der Waals surface area contributed by atoms with Crippen molar-refractivity contribution >= 4 is 34.8 Å². The highest BCUT2D eigenvalue weighted by molar-refractivity contribution is 6.27. The van der Waals surface area contributed by atoms with E-state index in [1.165, 1.54) is 0 Å². The molecule has 3 heterocycles. The van der Waals surface area contributed by atoms with Crippen molar-refractivity contribution in [2.24, 2.45) is 0 Å². The maximum atomic E-state index is 12.5. The number of nitrogens with zero attached hydrogens (tertiary/aromatic N) is 1. The minimum Gasteiger partial charge on any atom is -0.494 e. The van der Waals surface area contributed by atoms with E-state index in [1.807, 2.05) is 30.3 Å². The molecule has 1 aliphatic rings. The van der Waals surface area contributed by atoms with E-state index in [2.05, 4.69) is 10.6 Å². The van der Waals surface area contributed by atoms with Crippen molar-refractivity contribution in [3.05, 3.63) is 53.6 Å². The van der Waals surface area contributed by atoms with Crippen molar-refractivity contribution in [2.75, 3.05) is 39.5 Å². The molecule has 0 atom stereocenters. The maximum absolute atomic E-state index is 12.5. The van der Waals surface area contributed by atoms with Gasteiger partial charge < -0.3 is 24.5 Å². The van der Waals surface area contributed by atoms with Crippen molar-refractivity contribution in [2.45, 2.75) is 32.1 Å². The van der Waals surface area contributed by atoms with Crippen LogP contribution in [0.1, 0.15) is 52.8 Å². The summed E-state index contributed by atoms with van der Waals surface area (Å²) < 4.78 is 16.4. The number of ether oxygens (including phenoxy) is 2. The zero-order valence-corrected chi connectivity index (χ0v) is 20.6. The molecule has 0 aliphatic carbocycles. The molecule has 4 amide bonds. The van der Waals surface area contributed by atoms with Crippen molar-refractivity contribution < 1.29 is 33.1 Å². The van der Waals surface area contributed by atoms with Gasteiger partial charge >= 0.3 is 0 Å². The first-order valence-corrected chi connectivity index (χ1v) is 12.5. The first-order chi connectivity index (χ1) is 18.0. The van der Waals surface area contributed by atoms with Gasteiger partial charge in [0, 0.05) is 39.1 Å². The molecule has 0 spiro atoms. The molecule has 10 heteroatoms. The fourth-order valence-electron chi connectivity index (χ4n) is 4.09. The Bertz CT molecular complexity index is 1160. The summed E-state index contributed by atoms with van der Waals surface area (Å²) in [5, 5.41) is 5.60. The Labute approximate surface area is 214 Å². The van der Waals surface area contributed by atoms with Gasteiger partial charge in [-0.15, -0.1) is 0 Å². The summed E-state index contributed by atoms with van der Waals surface area (Å²) in [6.07, 6.45) is 2.68. The normalized spacial score (nSPS) is 12.8. The fraction of sp³-hybridized carbons (Fsp3) is 0.407. The molecular weight excluding hydrogens is 478 g/mol. The second kappa shape index (κ2) is 12.9. The number of hydrogen-bond acceptors (Lipinski definition) is 7. The molecule has 1 aromatic carbocycles. The highest BCUT2D eigenvalue weighted by Gasteiger charge is 2.41. The summed E-state index contributed by atoms with van der Waals surface area (Å²) >= 11 is 0. The quantitative estimate of drug-likeness (QED) is 0.225. The number of amides is 4. The van der Waals surface area contributed by atoms with Gasteiger partial charge in [-0.25, -0.2) is 0 Å². The van der Waals surface area contributed by atoms with Gasteiger partial charge in [0.1, 0.15) is 16.9 Å². The topological polar surface area (TPSA) is 127 Å². The summed E-state index contributed by atoms with van der Waals surface area (Å²) in [7, 11) is 0. The average Bonchev–Trinajstić information content (AvgIpc) is 3.59. The van der Waals surface area contributed by atoms with Crippen LogP contribution in [0.4, 0.5) is 0 Å². The van der Waals surface area contributed by atoms with Crippen LogP contribution in [0, 0.1) is 0 Å². The van der Waals surface area contributed by atoms with Crippen LogP contribution in [0.2, 0.25) is 0 Å². The van der Waals surface area contributed by atoms with E-state index in [1.54, 1.807) is 12.1 Å². The number of carbonyl (C=O) groups is 4. The van der Waals surface area contributed by atoms with Crippen LogP contribution in [-0.4, -0.2) is 68.0 Å². The predicted molar refractivity (Wildman–Crippen MR) is 135 cm³/mol. The number of imide groups is 1. The molecule has 4 rings (SSSR count). The van der Waals surface area contributed by atoms with Gasteiger partial charge in [-0.3, -0.25) is 24.1 Å². The molecule has 0 radical (unpaired) electrons. The molecule has 0 unspecified atom stereocenters. The summed E-state index contributed by atoms with van der Waals surface area (Å²) in [6.45, 7) is 2.26. The summed E-state index contributed by atoms with van der Waals surface area (Å²) in [5.41, 5.74) is 1.38. The number of furan rings is 2. The summed E-state index contributed by atoms with van der Waals surface area (Å²) in [5.74, 6) is -0.291. The largest absolute Gasteiger partial charge is 0.494 e. The van der Waals surface area contributed by atoms with Crippen LogP contribution in [-0.2, 0) is 14.3 Å². The van der Waals surface area contributed by atoms with Crippen LogP contribution in [0.25, 0.3) is 11.2 Å². The lowest BCUT2D eigenvalue weighted by atomic mass is 10.1. The van der Waals surface area contributed by atoms with E-state index in [0.29, 0.717) is 68.0 Å². The van der Waals surface area contributed by atoms with Crippen LogP contribution < -0.4 is 15.4 Å². The zero-order valence-electron chi connectivity index (χ0n) is 20.6. The predicted octanol–water partition coefficient (Wildman–Crippen LogP) is 2.75. The molecule has 0 fully saturated rings. The van der Waals surface area contributed by atoms with Gasteiger partial charge in [0.25, 0.3) is 11.8 Å². The van der Waals surface area contributed by atoms with E-state index in [-0.39, 0.29) is 24.8 Å². The third-order valence-corrected chi connectivity index (χ3v) is 6.00. The number of benzene rings is 2. The Morgan fingerprint density at radius 2 is 1.43 bits per heavy atom. The first-order valence-electron chi connectivity index (χ1n) is 12.5. The van der Waals surface area contributed by atoms with Gasteiger partial charge in [-0.05, 0) is 43.5 Å². The number of carbonyl (C=O) groups excluding carboxylic acids is 4. The second-order valence-electron chi connectivity index (χ2n) is 8.71. The average molecular weight is 510 g/mol. The molecule has 37 heavy (non-hydrogen) atoms. The number of rotatable bonds is 16. The molecule has 2 N–H and O–H groups in total. The van der Waals surface area contributed by atoms with Crippen LogP contribution in [0.15, 0.2) is 46.9 Å². The molecule has 10 nitrogen and oxygen atoms in total. The smallest absolute Gasteiger partial charge is 0.265 e. The lowest BCUT2D eigenvalue weighted by Gasteiger charge is -2.13. The minimum absolute atomic E-state index is 0.00702. The maximum Gasteiger partial charge on any atom is 0.265 e. The molecular formula is C27H31N3O7. The molecule has 196 valence electrons. The Morgan fingerprint density at radius 1 is 0.757 bits per heavy atom. The van der Waals surface area contributed by atoms with Crippen LogP contribution in [0.5, 0.6) is 5.75 Å². The van der Waals surface area contributed by atoms with E-state index >= 15 is 0 Å². The van der Waals surface area contributed by atoms with E-state index in [4.69, 9.17) is 13.9 Å². The SMILES string of the molecule is O=C(CCCOCCNC(=O)CCN1C(=O)c2c(c3ccc2o3)C1=O)NCCCCOc1ccccc1. The molecule has 2 bridgehead atoms. The highest BCUT2D eigenvalue weighted by atomic mass is 16.5. The first kappa shape index (κ1) is 26.2. The van der Waals surface area contributed by atoms with Crippen molar-refractivity contribution in [3.8, 4) is 5.75 Å². The third kappa shape index (κ3) is 6.85. The Balaban J connectivity index is 0.963. The number of nitrogens with one attached hydrogen (secondary N) is 2.